The highest BCUT2D eigenvalue weighted by molar-refractivity contribution is 5.76. The van der Waals surface area contributed by atoms with E-state index in [-0.39, 0.29) is 29.6 Å². The van der Waals surface area contributed by atoms with E-state index in [2.05, 4.69) is 17.3 Å². The second kappa shape index (κ2) is 6.52. The van der Waals surface area contributed by atoms with Crippen LogP contribution in [0.15, 0.2) is 6.07 Å². The van der Waals surface area contributed by atoms with Gasteiger partial charge >= 0.3 is 6.18 Å². The zero-order valence-electron chi connectivity index (χ0n) is 16.0. The second-order valence-corrected chi connectivity index (χ2v) is 9.13. The van der Waals surface area contributed by atoms with Crippen LogP contribution in [-0.4, -0.2) is 21.7 Å². The fraction of sp³-hybridized carbons (Fsp3) is 0.800. The molecule has 150 valence electrons. The molecule has 27 heavy (non-hydrogen) atoms. The van der Waals surface area contributed by atoms with E-state index in [0.29, 0.717) is 0 Å². The molecule has 1 amide bonds. The summed E-state index contributed by atoms with van der Waals surface area (Å²) in [5.74, 6) is 1.94. The van der Waals surface area contributed by atoms with Crippen LogP contribution in [0.1, 0.15) is 63.3 Å². The first-order valence-corrected chi connectivity index (χ1v) is 10.1. The maximum atomic E-state index is 13.2. The molecule has 1 atom stereocenters. The Bertz CT molecular complexity index is 689. The van der Waals surface area contributed by atoms with E-state index in [1.807, 2.05) is 0 Å². The summed E-state index contributed by atoms with van der Waals surface area (Å²) in [4.78, 5) is 12.6. The third-order valence-corrected chi connectivity index (χ3v) is 7.05. The van der Waals surface area contributed by atoms with Crippen molar-refractivity contribution in [3.05, 3.63) is 17.5 Å². The van der Waals surface area contributed by atoms with Gasteiger partial charge in [-0.2, -0.15) is 18.3 Å². The van der Waals surface area contributed by atoms with Crippen LogP contribution in [-0.2, 0) is 17.5 Å². The van der Waals surface area contributed by atoms with E-state index in [1.165, 1.54) is 26.2 Å². The molecular weight excluding hydrogens is 355 g/mol. The second-order valence-electron chi connectivity index (χ2n) is 9.13. The third kappa shape index (κ3) is 3.49. The lowest BCUT2D eigenvalue weighted by atomic mass is 9.47. The number of amides is 1. The van der Waals surface area contributed by atoms with Gasteiger partial charge in [-0.1, -0.05) is 6.92 Å². The number of hydrogen-bond acceptors (Lipinski definition) is 2. The van der Waals surface area contributed by atoms with E-state index in [0.717, 1.165) is 54.2 Å². The highest BCUT2D eigenvalue weighted by atomic mass is 19.4. The standard InChI is InChI=1S/C20H28F3N3O/c1-3-16(19-8-13-5-14(9-19)7-15(6-13)10-19)24-18(27)11-26-17(20(21,22)23)4-12(2)25-26/h4,13-16H,3,5-11H2,1-2H3,(H,24,27). The maximum Gasteiger partial charge on any atom is 0.433 e. The molecule has 4 aliphatic rings. The van der Waals surface area contributed by atoms with E-state index < -0.39 is 11.9 Å². The van der Waals surface area contributed by atoms with Crippen LogP contribution in [0.3, 0.4) is 0 Å². The Morgan fingerprint density at radius 3 is 2.30 bits per heavy atom. The molecule has 0 aromatic carbocycles. The van der Waals surface area contributed by atoms with Gasteiger partial charge in [0, 0.05) is 6.04 Å². The first-order valence-electron chi connectivity index (χ1n) is 10.1. The van der Waals surface area contributed by atoms with Gasteiger partial charge in [0.05, 0.1) is 5.69 Å². The Morgan fingerprint density at radius 1 is 1.26 bits per heavy atom. The molecule has 1 N–H and O–H groups in total. The summed E-state index contributed by atoms with van der Waals surface area (Å²) < 4.78 is 40.2. The van der Waals surface area contributed by atoms with Gasteiger partial charge < -0.3 is 5.32 Å². The van der Waals surface area contributed by atoms with Crippen molar-refractivity contribution in [3.63, 3.8) is 0 Å². The molecule has 1 aromatic rings. The summed E-state index contributed by atoms with van der Waals surface area (Å²) in [6, 6.07) is 1.04. The van der Waals surface area contributed by atoms with Crippen LogP contribution in [0.25, 0.3) is 0 Å². The van der Waals surface area contributed by atoms with Crippen molar-refractivity contribution in [3.8, 4) is 0 Å². The Hall–Kier alpha value is -1.53. The minimum Gasteiger partial charge on any atom is -0.351 e. The van der Waals surface area contributed by atoms with Gasteiger partial charge in [-0.05, 0) is 81.1 Å². The number of alkyl halides is 3. The molecule has 0 radical (unpaired) electrons. The number of aryl methyl sites for hydroxylation is 1. The lowest BCUT2D eigenvalue weighted by Crippen LogP contribution is -2.57. The first kappa shape index (κ1) is 18.8. The Kier molecular flexibility index (Phi) is 4.54. The number of hydrogen-bond donors (Lipinski definition) is 1. The van der Waals surface area contributed by atoms with Crippen LogP contribution < -0.4 is 5.32 Å². The van der Waals surface area contributed by atoms with Crippen molar-refractivity contribution in [2.45, 2.75) is 77.6 Å². The Morgan fingerprint density at radius 2 is 1.81 bits per heavy atom. The van der Waals surface area contributed by atoms with E-state index >= 15 is 0 Å². The molecule has 4 aliphatic carbocycles. The summed E-state index contributed by atoms with van der Waals surface area (Å²) in [6.07, 6.45) is 3.76. The molecule has 7 heteroatoms. The molecule has 4 fully saturated rings. The lowest BCUT2D eigenvalue weighted by Gasteiger charge is -2.59. The molecule has 0 aliphatic heterocycles. The lowest BCUT2D eigenvalue weighted by molar-refractivity contribution is -0.145. The highest BCUT2D eigenvalue weighted by Crippen LogP contribution is 2.61. The van der Waals surface area contributed by atoms with Crippen LogP contribution in [0.5, 0.6) is 0 Å². The van der Waals surface area contributed by atoms with E-state index in [4.69, 9.17) is 0 Å². The average molecular weight is 383 g/mol. The third-order valence-electron chi connectivity index (χ3n) is 7.05. The monoisotopic (exact) mass is 383 g/mol. The number of nitrogens with one attached hydrogen (secondary N) is 1. The van der Waals surface area contributed by atoms with Gasteiger partial charge in [-0.25, -0.2) is 0 Å². The Labute approximate surface area is 157 Å². The highest BCUT2D eigenvalue weighted by Gasteiger charge is 2.54. The van der Waals surface area contributed by atoms with Gasteiger partial charge in [-0.3, -0.25) is 9.48 Å². The number of carbonyl (C=O) groups excluding carboxylic acids is 1. The van der Waals surface area contributed by atoms with Crippen molar-refractivity contribution >= 4 is 5.91 Å². The topological polar surface area (TPSA) is 46.9 Å². The van der Waals surface area contributed by atoms with Crippen LogP contribution in [0.2, 0.25) is 0 Å². The van der Waals surface area contributed by atoms with E-state index in [1.54, 1.807) is 0 Å². The fourth-order valence-corrected chi connectivity index (χ4v) is 6.56. The molecule has 4 nitrogen and oxygen atoms in total. The fourth-order valence-electron chi connectivity index (χ4n) is 6.56. The number of rotatable bonds is 5. The minimum atomic E-state index is -4.51. The molecule has 5 rings (SSSR count). The molecule has 0 saturated heterocycles. The molecular formula is C20H28F3N3O. The molecule has 4 saturated carbocycles. The molecule has 4 bridgehead atoms. The van der Waals surface area contributed by atoms with Gasteiger partial charge in [-0.15, -0.1) is 0 Å². The quantitative estimate of drug-likeness (QED) is 0.823. The summed E-state index contributed by atoms with van der Waals surface area (Å²) >= 11 is 0. The predicted octanol–water partition coefficient (Wildman–Crippen LogP) is 4.32. The summed E-state index contributed by atoms with van der Waals surface area (Å²) in [6.45, 7) is 3.20. The molecule has 1 heterocycles. The number of halogens is 3. The molecule has 1 unspecified atom stereocenters. The Balaban J connectivity index is 1.48. The predicted molar refractivity (Wildman–Crippen MR) is 94.8 cm³/mol. The van der Waals surface area contributed by atoms with Crippen LogP contribution >= 0.6 is 0 Å². The molecule has 1 aromatic heterocycles. The van der Waals surface area contributed by atoms with Crippen LogP contribution in [0, 0.1) is 30.1 Å². The largest absolute Gasteiger partial charge is 0.433 e. The smallest absolute Gasteiger partial charge is 0.351 e. The summed E-state index contributed by atoms with van der Waals surface area (Å²) in [5, 5.41) is 6.97. The van der Waals surface area contributed by atoms with Gasteiger partial charge in [0.15, 0.2) is 0 Å². The van der Waals surface area contributed by atoms with Gasteiger partial charge in [0.2, 0.25) is 5.91 Å². The summed E-state index contributed by atoms with van der Waals surface area (Å²) in [7, 11) is 0. The van der Waals surface area contributed by atoms with Gasteiger partial charge in [0.25, 0.3) is 0 Å². The summed E-state index contributed by atoms with van der Waals surface area (Å²) in [5.41, 5.74) is -0.451. The maximum absolute atomic E-state index is 13.2. The number of aromatic nitrogens is 2. The van der Waals surface area contributed by atoms with Crippen molar-refractivity contribution in [1.29, 1.82) is 0 Å². The van der Waals surface area contributed by atoms with Crippen molar-refractivity contribution in [2.75, 3.05) is 0 Å². The first-order chi connectivity index (χ1) is 12.7. The van der Waals surface area contributed by atoms with Gasteiger partial charge in [0.1, 0.15) is 12.2 Å². The number of carbonyl (C=O) groups is 1. The zero-order chi connectivity index (χ0) is 19.4. The normalized spacial score (nSPS) is 33.3. The van der Waals surface area contributed by atoms with Crippen molar-refractivity contribution in [1.82, 2.24) is 15.1 Å². The average Bonchev–Trinajstić information content (AvgIpc) is 2.91. The molecule has 0 spiro atoms. The number of nitrogens with zero attached hydrogens (tertiary/aromatic N) is 2. The van der Waals surface area contributed by atoms with Crippen molar-refractivity contribution < 1.29 is 18.0 Å². The van der Waals surface area contributed by atoms with E-state index in [9.17, 15) is 18.0 Å². The van der Waals surface area contributed by atoms with Crippen molar-refractivity contribution in [2.24, 2.45) is 23.2 Å². The SMILES string of the molecule is CCC(NC(=O)Cn1nc(C)cc1C(F)(F)F)C12CC3CC(CC(C3)C1)C2. The van der Waals surface area contributed by atoms with Crippen LogP contribution in [0.4, 0.5) is 13.2 Å². The minimum absolute atomic E-state index is 0.0457. The zero-order valence-corrected chi connectivity index (χ0v) is 16.0.